The lowest BCUT2D eigenvalue weighted by molar-refractivity contribution is 0.189. The fourth-order valence-electron chi connectivity index (χ4n) is 3.76. The average molecular weight is 414 g/mol. The van der Waals surface area contributed by atoms with E-state index in [9.17, 15) is 0 Å². The lowest BCUT2D eigenvalue weighted by Crippen LogP contribution is -2.38. The summed E-state index contributed by atoms with van der Waals surface area (Å²) in [7, 11) is 1.69. The number of hydrogen-bond acceptors (Lipinski definition) is 4. The molecule has 0 aliphatic rings. The first kappa shape index (κ1) is 21.7. The van der Waals surface area contributed by atoms with Crippen molar-refractivity contribution in [3.8, 4) is 5.75 Å². The van der Waals surface area contributed by atoms with Crippen molar-refractivity contribution in [2.45, 2.75) is 40.2 Å². The lowest BCUT2D eigenvalue weighted by Gasteiger charge is -2.30. The Morgan fingerprint density at radius 3 is 2.55 bits per heavy atom. The predicted molar refractivity (Wildman–Crippen MR) is 125 cm³/mol. The molecule has 0 amide bonds. The molecule has 0 aliphatic heterocycles. The number of aromatic nitrogens is 1. The van der Waals surface area contributed by atoms with Gasteiger partial charge in [-0.25, -0.2) is 4.98 Å². The van der Waals surface area contributed by atoms with Crippen LogP contribution in [0.25, 0.3) is 21.8 Å². The van der Waals surface area contributed by atoms with Gasteiger partial charge in [0.15, 0.2) is 0 Å². The van der Waals surface area contributed by atoms with Crippen LogP contribution in [0.3, 0.4) is 0 Å². The highest BCUT2D eigenvalue weighted by Crippen LogP contribution is 2.34. The van der Waals surface area contributed by atoms with E-state index in [1.807, 2.05) is 30.3 Å². The summed E-state index contributed by atoms with van der Waals surface area (Å²) in [6.45, 7) is 12.1. The third-order valence-corrected chi connectivity index (χ3v) is 5.69. The Morgan fingerprint density at radius 2 is 1.86 bits per heavy atom. The maximum absolute atomic E-state index is 6.23. The van der Waals surface area contributed by atoms with Crippen LogP contribution in [0, 0.1) is 5.92 Å². The molecular weight excluding hydrogens is 382 g/mol. The van der Waals surface area contributed by atoms with Crippen molar-refractivity contribution < 1.29 is 4.74 Å². The van der Waals surface area contributed by atoms with E-state index in [1.54, 1.807) is 7.11 Å². The van der Waals surface area contributed by atoms with Crippen molar-refractivity contribution in [3.05, 3.63) is 41.4 Å². The third kappa shape index (κ3) is 5.12. The summed E-state index contributed by atoms with van der Waals surface area (Å²) in [6, 6.07) is 12.5. The topological polar surface area (TPSA) is 37.4 Å². The van der Waals surface area contributed by atoms with Crippen LogP contribution in [-0.4, -0.2) is 42.7 Å². The molecule has 2 aromatic carbocycles. The molecule has 1 aromatic heterocycles. The van der Waals surface area contributed by atoms with Gasteiger partial charge < -0.3 is 10.1 Å². The SMILES string of the molecule is CCC(C)N(CCNc1c2ccc(Cl)cc2nc2ccc(OC)cc12)CC(C)C. The van der Waals surface area contributed by atoms with Gasteiger partial charge in [-0.3, -0.25) is 4.90 Å². The molecule has 0 saturated heterocycles. The van der Waals surface area contributed by atoms with Crippen LogP contribution in [0.1, 0.15) is 34.1 Å². The Labute approximate surface area is 179 Å². The van der Waals surface area contributed by atoms with Gasteiger partial charge in [-0.05, 0) is 55.7 Å². The van der Waals surface area contributed by atoms with Crippen LogP contribution in [0.4, 0.5) is 5.69 Å². The molecule has 3 aromatic rings. The van der Waals surface area contributed by atoms with E-state index < -0.39 is 0 Å². The number of nitrogens with one attached hydrogen (secondary N) is 1. The van der Waals surface area contributed by atoms with Crippen LogP contribution in [0.2, 0.25) is 5.02 Å². The minimum Gasteiger partial charge on any atom is -0.497 e. The van der Waals surface area contributed by atoms with Gasteiger partial charge in [0.2, 0.25) is 0 Å². The molecule has 1 unspecified atom stereocenters. The van der Waals surface area contributed by atoms with Crippen molar-refractivity contribution >= 4 is 39.1 Å². The number of rotatable bonds is 9. The van der Waals surface area contributed by atoms with Crippen LogP contribution >= 0.6 is 11.6 Å². The molecule has 0 radical (unpaired) electrons. The van der Waals surface area contributed by atoms with E-state index in [0.29, 0.717) is 17.0 Å². The van der Waals surface area contributed by atoms with Crippen LogP contribution in [0.5, 0.6) is 5.75 Å². The monoisotopic (exact) mass is 413 g/mol. The molecule has 29 heavy (non-hydrogen) atoms. The van der Waals surface area contributed by atoms with E-state index in [0.717, 1.165) is 59.3 Å². The zero-order valence-electron chi connectivity index (χ0n) is 18.1. The zero-order valence-corrected chi connectivity index (χ0v) is 18.9. The summed E-state index contributed by atoms with van der Waals surface area (Å²) >= 11 is 6.23. The summed E-state index contributed by atoms with van der Waals surface area (Å²) in [5.41, 5.74) is 2.93. The Hall–Kier alpha value is -2.04. The number of ether oxygens (including phenoxy) is 1. The molecule has 156 valence electrons. The number of fused-ring (bicyclic) bond motifs is 2. The number of pyridine rings is 1. The molecule has 1 N–H and O–H groups in total. The van der Waals surface area contributed by atoms with Gasteiger partial charge in [0.25, 0.3) is 0 Å². The molecular formula is C24H32ClN3O. The summed E-state index contributed by atoms with van der Waals surface area (Å²) in [5.74, 6) is 1.48. The predicted octanol–water partition coefficient (Wildman–Crippen LogP) is 6.22. The van der Waals surface area contributed by atoms with E-state index in [2.05, 4.69) is 44.0 Å². The van der Waals surface area contributed by atoms with E-state index in [-0.39, 0.29) is 0 Å². The second kappa shape index (κ2) is 9.64. The fourth-order valence-corrected chi connectivity index (χ4v) is 3.92. The highest BCUT2D eigenvalue weighted by atomic mass is 35.5. The number of nitrogens with zero attached hydrogens (tertiary/aromatic N) is 2. The minimum absolute atomic E-state index is 0.573. The molecule has 0 saturated carbocycles. The zero-order chi connectivity index (χ0) is 21.0. The second-order valence-corrected chi connectivity index (χ2v) is 8.54. The normalized spacial score (nSPS) is 12.8. The maximum Gasteiger partial charge on any atom is 0.119 e. The summed E-state index contributed by atoms with van der Waals surface area (Å²) < 4.78 is 5.46. The summed E-state index contributed by atoms with van der Waals surface area (Å²) in [6.07, 6.45) is 1.16. The molecule has 4 nitrogen and oxygen atoms in total. The van der Waals surface area contributed by atoms with Gasteiger partial charge >= 0.3 is 0 Å². The second-order valence-electron chi connectivity index (χ2n) is 8.10. The minimum atomic E-state index is 0.573. The Kier molecular flexibility index (Phi) is 7.20. The quantitative estimate of drug-likeness (QED) is 0.422. The molecule has 3 rings (SSSR count). The maximum atomic E-state index is 6.23. The van der Waals surface area contributed by atoms with Crippen molar-refractivity contribution in [1.82, 2.24) is 9.88 Å². The van der Waals surface area contributed by atoms with Gasteiger partial charge in [-0.1, -0.05) is 32.4 Å². The van der Waals surface area contributed by atoms with Crippen molar-refractivity contribution in [2.24, 2.45) is 5.92 Å². The number of halogens is 1. The Bertz CT molecular complexity index is 973. The van der Waals surface area contributed by atoms with Gasteiger partial charge in [-0.15, -0.1) is 0 Å². The fraction of sp³-hybridized carbons (Fsp3) is 0.458. The van der Waals surface area contributed by atoms with Gasteiger partial charge in [-0.2, -0.15) is 0 Å². The van der Waals surface area contributed by atoms with Crippen molar-refractivity contribution in [3.63, 3.8) is 0 Å². The number of benzene rings is 2. The van der Waals surface area contributed by atoms with E-state index >= 15 is 0 Å². The largest absolute Gasteiger partial charge is 0.497 e. The molecule has 0 aliphatic carbocycles. The van der Waals surface area contributed by atoms with Crippen LogP contribution in [0.15, 0.2) is 36.4 Å². The first-order chi connectivity index (χ1) is 13.9. The van der Waals surface area contributed by atoms with Crippen LogP contribution < -0.4 is 10.1 Å². The number of methoxy groups -OCH3 is 1. The van der Waals surface area contributed by atoms with Gasteiger partial charge in [0.1, 0.15) is 5.75 Å². The summed E-state index contributed by atoms with van der Waals surface area (Å²) in [4.78, 5) is 7.38. The Balaban J connectivity index is 1.95. The first-order valence-corrected chi connectivity index (χ1v) is 10.9. The van der Waals surface area contributed by atoms with Crippen molar-refractivity contribution in [2.75, 3.05) is 32.1 Å². The first-order valence-electron chi connectivity index (χ1n) is 10.5. The van der Waals surface area contributed by atoms with Gasteiger partial charge in [0.05, 0.1) is 23.8 Å². The van der Waals surface area contributed by atoms with Crippen LogP contribution in [-0.2, 0) is 0 Å². The Morgan fingerprint density at radius 1 is 1.07 bits per heavy atom. The third-order valence-electron chi connectivity index (χ3n) is 5.46. The molecule has 0 spiro atoms. The summed E-state index contributed by atoms with van der Waals surface area (Å²) in [5, 5.41) is 6.55. The van der Waals surface area contributed by atoms with E-state index in [4.69, 9.17) is 21.3 Å². The average Bonchev–Trinajstić information content (AvgIpc) is 2.71. The van der Waals surface area contributed by atoms with Crippen molar-refractivity contribution in [1.29, 1.82) is 0 Å². The lowest BCUT2D eigenvalue weighted by atomic mass is 10.1. The molecule has 0 fully saturated rings. The molecule has 1 atom stereocenters. The molecule has 0 bridgehead atoms. The standard InChI is InChI=1S/C24H32ClN3O/c1-6-17(4)28(15-16(2)3)12-11-26-24-20-9-7-18(25)13-23(20)27-22-10-8-19(29-5)14-21(22)24/h7-10,13-14,16-17H,6,11-12,15H2,1-5H3,(H,26,27). The molecule has 1 heterocycles. The van der Waals surface area contributed by atoms with E-state index in [1.165, 1.54) is 0 Å². The number of hydrogen-bond donors (Lipinski definition) is 1. The number of anilines is 1. The van der Waals surface area contributed by atoms with Gasteiger partial charge in [0, 0.05) is 41.5 Å². The smallest absolute Gasteiger partial charge is 0.119 e. The highest BCUT2D eigenvalue weighted by Gasteiger charge is 2.15. The molecule has 5 heteroatoms. The highest BCUT2D eigenvalue weighted by molar-refractivity contribution is 6.31.